The van der Waals surface area contributed by atoms with E-state index in [4.69, 9.17) is 15.2 Å². The van der Waals surface area contributed by atoms with Gasteiger partial charge in [0, 0.05) is 38.8 Å². The molecule has 0 aromatic rings. The minimum atomic E-state index is -0.561. The molecule has 0 radical (unpaired) electrons. The quantitative estimate of drug-likeness (QED) is 0.264. The molecule has 2 N–H and O–H groups in total. The molecule has 1 unspecified atom stereocenters. The summed E-state index contributed by atoms with van der Waals surface area (Å²) in [6, 6.07) is 0. The van der Waals surface area contributed by atoms with Crippen molar-refractivity contribution in [3.05, 3.63) is 5.73 Å². The number of ether oxygens (including phenoxy) is 2. The van der Waals surface area contributed by atoms with E-state index in [1.54, 1.807) is 6.92 Å². The second-order valence-electron chi connectivity index (χ2n) is 8.82. The van der Waals surface area contributed by atoms with E-state index in [-0.39, 0.29) is 81.0 Å². The fourth-order valence-corrected chi connectivity index (χ4v) is 4.24. The molecule has 1 atom stereocenters. The van der Waals surface area contributed by atoms with Gasteiger partial charge in [0.15, 0.2) is 5.79 Å². The first-order chi connectivity index (χ1) is 13.7. The molecular weight excluding hydrogens is 407 g/mol. The van der Waals surface area contributed by atoms with Gasteiger partial charge >= 0.3 is 51.4 Å². The molecule has 0 aromatic heterocycles. The second-order valence-corrected chi connectivity index (χ2v) is 8.82. The Morgan fingerprint density at radius 3 is 2.20 bits per heavy atom. The molecule has 0 saturated heterocycles. The zero-order valence-electron chi connectivity index (χ0n) is 20.7. The number of ketones is 1. The zero-order valence-corrected chi connectivity index (χ0v) is 23.8. The summed E-state index contributed by atoms with van der Waals surface area (Å²) in [6.45, 7) is 13.4. The fraction of sp³-hybridized carbons (Fsp3) is 0.913. The maximum absolute atomic E-state index is 12.2. The van der Waals surface area contributed by atoms with Crippen molar-refractivity contribution in [2.24, 2.45) is 11.3 Å². The van der Waals surface area contributed by atoms with Gasteiger partial charge in [-0.1, -0.05) is 41.0 Å². The van der Waals surface area contributed by atoms with Crippen LogP contribution in [-0.4, -0.2) is 43.8 Å². The van der Waals surface area contributed by atoms with Crippen molar-refractivity contribution < 1.29 is 70.4 Å². The van der Waals surface area contributed by atoms with E-state index in [0.29, 0.717) is 32.6 Å². The van der Waals surface area contributed by atoms with Crippen molar-refractivity contribution in [1.29, 1.82) is 0 Å². The Morgan fingerprint density at radius 2 is 1.67 bits per heavy atom. The molecule has 0 aliphatic heterocycles. The molecule has 1 aliphatic rings. The van der Waals surface area contributed by atoms with Gasteiger partial charge in [0.05, 0.1) is 6.61 Å². The summed E-state index contributed by atoms with van der Waals surface area (Å²) in [5.74, 6) is -0.119. The van der Waals surface area contributed by atoms with Gasteiger partial charge in [0.1, 0.15) is 5.78 Å². The molecule has 0 aromatic carbocycles. The summed E-state index contributed by atoms with van der Waals surface area (Å²) in [4.78, 5) is 23.5. The molecule has 1 aliphatic carbocycles. The van der Waals surface area contributed by atoms with Crippen molar-refractivity contribution in [2.45, 2.75) is 98.7 Å². The van der Waals surface area contributed by atoms with Crippen LogP contribution in [0.4, 0.5) is 0 Å². The predicted octanol–water partition coefficient (Wildman–Crippen LogP) is 2.30. The smallest absolute Gasteiger partial charge is 0.676 e. The summed E-state index contributed by atoms with van der Waals surface area (Å²) in [5, 5.41) is 2.93. The minimum absolute atomic E-state index is 0. The van der Waals surface area contributed by atoms with Gasteiger partial charge in [0.25, 0.3) is 0 Å². The normalized spacial score (nSPS) is 16.5. The van der Waals surface area contributed by atoms with Gasteiger partial charge in [0.2, 0.25) is 5.91 Å². The molecule has 30 heavy (non-hydrogen) atoms. The summed E-state index contributed by atoms with van der Waals surface area (Å²) in [6.07, 6.45) is 6.95. The third-order valence-corrected chi connectivity index (χ3v) is 5.03. The molecule has 0 spiro atoms. The van der Waals surface area contributed by atoms with E-state index in [2.05, 4.69) is 26.1 Å². The summed E-state index contributed by atoms with van der Waals surface area (Å²) in [5.41, 5.74) is 7.21. The number of amides is 1. The first kappa shape index (κ1) is 32.8. The molecule has 1 fully saturated rings. The van der Waals surface area contributed by atoms with Crippen LogP contribution in [0.2, 0.25) is 0 Å². The first-order valence-electron chi connectivity index (χ1n) is 11.4. The monoisotopic (exact) mass is 452 g/mol. The minimum Gasteiger partial charge on any atom is -0.676 e. The van der Waals surface area contributed by atoms with Crippen LogP contribution >= 0.6 is 0 Å². The molecule has 0 bridgehead atoms. The van der Waals surface area contributed by atoms with Gasteiger partial charge in [-0.25, -0.2) is 0 Å². The van der Waals surface area contributed by atoms with E-state index in [0.717, 1.165) is 32.1 Å². The van der Waals surface area contributed by atoms with Crippen molar-refractivity contribution in [3.63, 3.8) is 0 Å². The Morgan fingerprint density at radius 1 is 1.10 bits per heavy atom. The number of hydrogen-bond acceptors (Lipinski definition) is 4. The number of rotatable bonds is 13. The Bertz CT molecular complexity index is 466. The molecule has 172 valence electrons. The molecular formula is C23H45KN2O4. The third kappa shape index (κ3) is 15.5. The van der Waals surface area contributed by atoms with Crippen LogP contribution in [0.15, 0.2) is 0 Å². The third-order valence-electron chi connectivity index (χ3n) is 5.03. The molecule has 1 saturated carbocycles. The van der Waals surface area contributed by atoms with Gasteiger partial charge in [-0.2, -0.15) is 0 Å². The van der Waals surface area contributed by atoms with E-state index >= 15 is 0 Å². The van der Waals surface area contributed by atoms with Crippen molar-refractivity contribution in [1.82, 2.24) is 5.32 Å². The SMILES string of the molecule is CC.CC(=O)CC(C)(C)CC(C)CC(=O)NCCOC1(OCC[NH-])CCCCC1.[K+]. The Hall–Kier alpha value is 0.656. The number of carbonyl (C=O) groups excluding carboxylic acids is 2. The van der Waals surface area contributed by atoms with E-state index in [1.165, 1.54) is 6.42 Å². The first-order valence-corrected chi connectivity index (χ1v) is 11.4. The Labute approximate surface area is 227 Å². The average Bonchev–Trinajstić information content (AvgIpc) is 2.64. The topological polar surface area (TPSA) is 88.4 Å². The van der Waals surface area contributed by atoms with Gasteiger partial charge in [-0.3, -0.25) is 4.79 Å². The Balaban J connectivity index is 0. The standard InChI is InChI=1S/C21H39N2O4.C2H6.K/c1-17(15-20(3,4)16-18(2)24)14-19(25)23-11-13-27-21(26-12-10-22)8-6-5-7-9-21;1-2;/h17,22H,5-16H2,1-4H3,(H,23,25);1-2H3;/q-1;;+1. The van der Waals surface area contributed by atoms with Gasteiger partial charge in [-0.05, 0) is 37.5 Å². The molecule has 1 amide bonds. The predicted molar refractivity (Wildman–Crippen MR) is 119 cm³/mol. The second kappa shape index (κ2) is 18.1. The maximum atomic E-state index is 12.2. The van der Waals surface area contributed by atoms with E-state index < -0.39 is 5.79 Å². The summed E-state index contributed by atoms with van der Waals surface area (Å²) < 4.78 is 11.8. The number of nitrogens with one attached hydrogen (secondary N) is 2. The zero-order chi connectivity index (χ0) is 22.3. The van der Waals surface area contributed by atoms with Gasteiger partial charge in [-0.15, -0.1) is 6.54 Å². The van der Waals surface area contributed by atoms with Crippen LogP contribution in [0.3, 0.4) is 0 Å². The molecule has 6 nitrogen and oxygen atoms in total. The van der Waals surface area contributed by atoms with Crippen LogP contribution < -0.4 is 56.7 Å². The molecule has 0 heterocycles. The average molecular weight is 453 g/mol. The van der Waals surface area contributed by atoms with Crippen LogP contribution in [0.5, 0.6) is 0 Å². The number of hydrogen-bond donors (Lipinski definition) is 1. The summed E-state index contributed by atoms with van der Waals surface area (Å²) >= 11 is 0. The Kier molecular flexibility index (Phi) is 19.8. The fourth-order valence-electron chi connectivity index (χ4n) is 4.24. The number of carbonyl (C=O) groups is 2. The largest absolute Gasteiger partial charge is 1.00 e. The van der Waals surface area contributed by atoms with E-state index in [9.17, 15) is 9.59 Å². The van der Waals surface area contributed by atoms with E-state index in [1.807, 2.05) is 13.8 Å². The number of Topliss-reactive ketones (excluding diaryl/α,β-unsaturated/α-hetero) is 1. The van der Waals surface area contributed by atoms with Crippen LogP contribution in [0.1, 0.15) is 92.9 Å². The van der Waals surface area contributed by atoms with Crippen LogP contribution in [-0.2, 0) is 19.1 Å². The molecule has 1 rings (SSSR count). The van der Waals surface area contributed by atoms with Crippen molar-refractivity contribution in [3.8, 4) is 0 Å². The maximum Gasteiger partial charge on any atom is 1.00 e. The van der Waals surface area contributed by atoms with Crippen molar-refractivity contribution in [2.75, 3.05) is 26.3 Å². The summed E-state index contributed by atoms with van der Waals surface area (Å²) in [7, 11) is 0. The van der Waals surface area contributed by atoms with Crippen molar-refractivity contribution >= 4 is 11.7 Å². The van der Waals surface area contributed by atoms with Crippen LogP contribution in [0.25, 0.3) is 5.73 Å². The molecule has 7 heteroatoms. The van der Waals surface area contributed by atoms with Gasteiger partial charge < -0.3 is 25.3 Å². The van der Waals surface area contributed by atoms with Crippen LogP contribution in [0, 0.1) is 11.3 Å².